The Kier molecular flexibility index (Phi) is 3.65. The summed E-state index contributed by atoms with van der Waals surface area (Å²) in [5.74, 6) is 0.572. The second kappa shape index (κ2) is 5.81. The normalized spacial score (nSPS) is 22.1. The van der Waals surface area contributed by atoms with Crippen LogP contribution in [0.3, 0.4) is 0 Å². The predicted octanol–water partition coefficient (Wildman–Crippen LogP) is 2.17. The number of carbonyl (C=O) groups is 1. The van der Waals surface area contributed by atoms with Crippen LogP contribution in [-0.2, 0) is 4.74 Å². The van der Waals surface area contributed by atoms with Crippen LogP contribution in [0.15, 0.2) is 35.3 Å². The molecule has 1 unspecified atom stereocenters. The van der Waals surface area contributed by atoms with E-state index in [2.05, 4.69) is 4.98 Å². The van der Waals surface area contributed by atoms with Gasteiger partial charge in [0.1, 0.15) is 0 Å². The fourth-order valence-electron chi connectivity index (χ4n) is 3.51. The van der Waals surface area contributed by atoms with Gasteiger partial charge in [-0.2, -0.15) is 0 Å². The molecule has 5 heteroatoms. The summed E-state index contributed by atoms with van der Waals surface area (Å²) in [5.41, 5.74) is 0.404. The molecule has 1 atom stereocenters. The Morgan fingerprint density at radius 3 is 2.74 bits per heavy atom. The Morgan fingerprint density at radius 2 is 2.00 bits per heavy atom. The number of aromatic nitrogens is 1. The first kappa shape index (κ1) is 14.5. The van der Waals surface area contributed by atoms with Crippen molar-refractivity contribution in [1.82, 2.24) is 9.88 Å². The van der Waals surface area contributed by atoms with Gasteiger partial charge in [0.2, 0.25) is 0 Å². The molecule has 0 spiro atoms. The van der Waals surface area contributed by atoms with Crippen molar-refractivity contribution < 1.29 is 9.53 Å². The van der Waals surface area contributed by atoms with Crippen LogP contribution in [-0.4, -0.2) is 41.6 Å². The minimum atomic E-state index is -0.161. The maximum atomic E-state index is 12.9. The number of ether oxygens (including phenoxy) is 1. The average Bonchev–Trinajstić information content (AvgIpc) is 2.54. The second-order valence-corrected chi connectivity index (χ2v) is 6.43. The molecule has 1 aliphatic heterocycles. The van der Waals surface area contributed by atoms with Crippen LogP contribution in [0.25, 0.3) is 10.8 Å². The zero-order valence-electron chi connectivity index (χ0n) is 13.0. The fourth-order valence-corrected chi connectivity index (χ4v) is 3.51. The Morgan fingerprint density at radius 1 is 1.22 bits per heavy atom. The van der Waals surface area contributed by atoms with Crippen molar-refractivity contribution in [2.45, 2.75) is 25.4 Å². The van der Waals surface area contributed by atoms with Crippen LogP contribution in [0.4, 0.5) is 0 Å². The molecule has 2 heterocycles. The highest BCUT2D eigenvalue weighted by atomic mass is 16.5. The first-order chi connectivity index (χ1) is 11.2. The zero-order chi connectivity index (χ0) is 15.8. The number of H-pyrrole nitrogens is 1. The smallest absolute Gasteiger partial charge is 0.256 e. The molecular weight excluding hydrogens is 292 g/mol. The van der Waals surface area contributed by atoms with Crippen molar-refractivity contribution in [3.8, 4) is 0 Å². The molecule has 1 saturated carbocycles. The summed E-state index contributed by atoms with van der Waals surface area (Å²) in [5, 5.41) is 1.27. The molecular formula is C18H20N2O3. The number of rotatable bonds is 2. The number of hydrogen-bond acceptors (Lipinski definition) is 3. The molecule has 2 aliphatic rings. The average molecular weight is 312 g/mol. The van der Waals surface area contributed by atoms with Gasteiger partial charge in [0.15, 0.2) is 0 Å². The van der Waals surface area contributed by atoms with Crippen molar-refractivity contribution in [1.29, 1.82) is 0 Å². The van der Waals surface area contributed by atoms with Crippen LogP contribution < -0.4 is 5.56 Å². The van der Waals surface area contributed by atoms with E-state index in [0.29, 0.717) is 42.0 Å². The number of hydrogen-bond donors (Lipinski definition) is 1. The van der Waals surface area contributed by atoms with Gasteiger partial charge in [-0.15, -0.1) is 0 Å². The molecule has 1 N–H and O–H groups in total. The largest absolute Gasteiger partial charge is 0.374 e. The van der Waals surface area contributed by atoms with Gasteiger partial charge in [0.25, 0.3) is 11.5 Å². The van der Waals surface area contributed by atoms with Crippen molar-refractivity contribution in [2.75, 3.05) is 19.7 Å². The van der Waals surface area contributed by atoms with Crippen molar-refractivity contribution in [3.63, 3.8) is 0 Å². The summed E-state index contributed by atoms with van der Waals surface area (Å²) in [7, 11) is 0. The predicted molar refractivity (Wildman–Crippen MR) is 87.6 cm³/mol. The molecule has 2 aromatic rings. The molecule has 23 heavy (non-hydrogen) atoms. The van der Waals surface area contributed by atoms with Crippen LogP contribution in [0.1, 0.15) is 29.6 Å². The Bertz CT molecular complexity index is 794. The second-order valence-electron chi connectivity index (χ2n) is 6.43. The lowest BCUT2D eigenvalue weighted by Crippen LogP contribution is -2.49. The van der Waals surface area contributed by atoms with E-state index in [4.69, 9.17) is 4.74 Å². The Labute approximate surface area is 134 Å². The van der Waals surface area contributed by atoms with Gasteiger partial charge >= 0.3 is 0 Å². The van der Waals surface area contributed by atoms with Gasteiger partial charge in [-0.1, -0.05) is 24.6 Å². The number of nitrogens with one attached hydrogen (secondary N) is 1. The first-order valence-corrected chi connectivity index (χ1v) is 8.25. The maximum Gasteiger partial charge on any atom is 0.256 e. The highest BCUT2D eigenvalue weighted by Crippen LogP contribution is 2.33. The summed E-state index contributed by atoms with van der Waals surface area (Å²) in [6.45, 7) is 1.85. The zero-order valence-corrected chi connectivity index (χ0v) is 13.0. The number of nitrogens with zero attached hydrogens (tertiary/aromatic N) is 1. The molecule has 1 aromatic heterocycles. The van der Waals surface area contributed by atoms with Crippen LogP contribution >= 0.6 is 0 Å². The molecule has 4 rings (SSSR count). The molecule has 1 aromatic carbocycles. The van der Waals surface area contributed by atoms with Crippen molar-refractivity contribution in [3.05, 3.63) is 46.4 Å². The number of carbonyl (C=O) groups excluding carboxylic acids is 1. The number of benzene rings is 1. The van der Waals surface area contributed by atoms with Gasteiger partial charge in [-0.3, -0.25) is 9.59 Å². The quantitative estimate of drug-likeness (QED) is 0.924. The van der Waals surface area contributed by atoms with E-state index in [9.17, 15) is 9.59 Å². The molecule has 120 valence electrons. The van der Waals surface area contributed by atoms with Gasteiger partial charge in [-0.05, 0) is 24.8 Å². The van der Waals surface area contributed by atoms with E-state index in [1.165, 1.54) is 19.3 Å². The summed E-state index contributed by atoms with van der Waals surface area (Å²) in [6, 6.07) is 7.26. The van der Waals surface area contributed by atoms with E-state index >= 15 is 0 Å². The number of pyridine rings is 1. The Balaban J connectivity index is 1.64. The summed E-state index contributed by atoms with van der Waals surface area (Å²) in [6.07, 6.45) is 5.38. The van der Waals surface area contributed by atoms with Gasteiger partial charge in [0, 0.05) is 30.1 Å². The number of fused-ring (bicyclic) bond motifs is 1. The number of amides is 1. The molecule has 2 fully saturated rings. The minimum Gasteiger partial charge on any atom is -0.374 e. The maximum absolute atomic E-state index is 12.9. The third kappa shape index (κ3) is 2.55. The van der Waals surface area contributed by atoms with Crippen LogP contribution in [0.5, 0.6) is 0 Å². The molecule has 0 radical (unpaired) electrons. The topological polar surface area (TPSA) is 62.4 Å². The van der Waals surface area contributed by atoms with Crippen molar-refractivity contribution >= 4 is 16.7 Å². The highest BCUT2D eigenvalue weighted by Gasteiger charge is 2.34. The van der Waals surface area contributed by atoms with Gasteiger partial charge < -0.3 is 14.6 Å². The summed E-state index contributed by atoms with van der Waals surface area (Å²) >= 11 is 0. The molecule has 5 nitrogen and oxygen atoms in total. The highest BCUT2D eigenvalue weighted by molar-refractivity contribution is 6.06. The number of aromatic amines is 1. The summed E-state index contributed by atoms with van der Waals surface area (Å²) in [4.78, 5) is 29.4. The lowest BCUT2D eigenvalue weighted by Gasteiger charge is -2.40. The van der Waals surface area contributed by atoms with Crippen LogP contribution in [0, 0.1) is 5.92 Å². The molecule has 1 amide bonds. The standard InChI is InChI=1S/C18H20N2O3/c21-17-14-7-2-1-6-13(14)15(10-19-17)18(22)20-8-9-23-16(11-20)12-4-3-5-12/h1-2,6-7,10,12,16H,3-5,8-9,11H2,(H,19,21). The van der Waals surface area contributed by atoms with E-state index in [-0.39, 0.29) is 17.6 Å². The van der Waals surface area contributed by atoms with Crippen molar-refractivity contribution in [2.24, 2.45) is 5.92 Å². The van der Waals surface area contributed by atoms with Crippen LogP contribution in [0.2, 0.25) is 0 Å². The monoisotopic (exact) mass is 312 g/mol. The molecule has 0 bridgehead atoms. The van der Waals surface area contributed by atoms with Gasteiger partial charge in [-0.25, -0.2) is 0 Å². The number of morpholine rings is 1. The van der Waals surface area contributed by atoms with E-state index in [1.54, 1.807) is 12.3 Å². The lowest BCUT2D eigenvalue weighted by molar-refractivity contribution is -0.0659. The lowest BCUT2D eigenvalue weighted by atomic mass is 9.80. The molecule has 1 saturated heterocycles. The summed E-state index contributed by atoms with van der Waals surface area (Å²) < 4.78 is 5.85. The SMILES string of the molecule is O=C(c1c[nH]c(=O)c2ccccc12)N1CCOC(C2CCC2)C1. The minimum absolute atomic E-state index is 0.0231. The van der Waals surface area contributed by atoms with E-state index in [0.717, 1.165) is 0 Å². The van der Waals surface area contributed by atoms with E-state index < -0.39 is 0 Å². The molecule has 1 aliphatic carbocycles. The third-order valence-corrected chi connectivity index (χ3v) is 5.10. The Hall–Kier alpha value is -2.14. The van der Waals surface area contributed by atoms with E-state index in [1.807, 2.05) is 23.1 Å². The fraction of sp³-hybridized carbons (Fsp3) is 0.444. The first-order valence-electron chi connectivity index (χ1n) is 8.25. The third-order valence-electron chi connectivity index (χ3n) is 5.10. The van der Waals surface area contributed by atoms with Gasteiger partial charge in [0.05, 0.1) is 18.3 Å².